The van der Waals surface area contributed by atoms with Gasteiger partial charge in [-0.1, -0.05) is 43.3 Å². The third-order valence-corrected chi connectivity index (χ3v) is 4.84. The molecule has 1 aromatic heterocycles. The molecule has 0 saturated carbocycles. The first-order valence-electron chi connectivity index (χ1n) is 9.80. The molecule has 2 aromatic rings. The van der Waals surface area contributed by atoms with Gasteiger partial charge < -0.3 is 14.2 Å². The zero-order valence-electron chi connectivity index (χ0n) is 17.5. The van der Waals surface area contributed by atoms with Crippen LogP contribution < -0.4 is 0 Å². The summed E-state index contributed by atoms with van der Waals surface area (Å²) in [4.78, 5) is 29.2. The molecule has 2 atom stereocenters. The van der Waals surface area contributed by atoms with Crippen molar-refractivity contribution in [2.45, 2.75) is 65.7 Å². The summed E-state index contributed by atoms with van der Waals surface area (Å²) in [6.07, 6.45) is -3.28. The molecule has 30 heavy (non-hydrogen) atoms. The Labute approximate surface area is 173 Å². The van der Waals surface area contributed by atoms with Crippen molar-refractivity contribution in [1.82, 2.24) is 15.0 Å². The van der Waals surface area contributed by atoms with Crippen molar-refractivity contribution in [1.29, 1.82) is 0 Å². The van der Waals surface area contributed by atoms with Gasteiger partial charge in [0.05, 0.1) is 0 Å². The van der Waals surface area contributed by atoms with Crippen molar-refractivity contribution in [3.8, 4) is 11.4 Å². The highest BCUT2D eigenvalue weighted by molar-refractivity contribution is 5.79. The van der Waals surface area contributed by atoms with Crippen LogP contribution >= 0.6 is 0 Å². The minimum Gasteiger partial charge on any atom is -0.336 e. The monoisotopic (exact) mass is 425 g/mol. The van der Waals surface area contributed by atoms with Crippen LogP contribution in [-0.2, 0) is 22.3 Å². The third kappa shape index (κ3) is 6.40. The topological polar surface area (TPSA) is 76.3 Å². The zero-order chi connectivity index (χ0) is 22.5. The molecule has 0 aliphatic carbocycles. The van der Waals surface area contributed by atoms with Gasteiger partial charge in [0, 0.05) is 31.0 Å². The van der Waals surface area contributed by atoms with E-state index in [4.69, 9.17) is 0 Å². The van der Waals surface area contributed by atoms with Gasteiger partial charge in [-0.25, -0.2) is 0 Å². The molecule has 0 N–H and O–H groups in total. The lowest BCUT2D eigenvalue weighted by Crippen LogP contribution is -2.38. The molecule has 6 nitrogen and oxygen atoms in total. The number of halogens is 3. The number of alkyl halides is 3. The minimum absolute atomic E-state index is 0.00764. The van der Waals surface area contributed by atoms with Crippen molar-refractivity contribution < 1.29 is 27.3 Å². The molecule has 1 amide bonds. The number of carbonyl (C=O) groups excluding carboxylic acids is 2. The van der Waals surface area contributed by atoms with Gasteiger partial charge >= 0.3 is 12.1 Å². The van der Waals surface area contributed by atoms with Crippen molar-refractivity contribution >= 4 is 11.7 Å². The van der Waals surface area contributed by atoms with Gasteiger partial charge in [0.25, 0.3) is 0 Å². The van der Waals surface area contributed by atoms with Crippen LogP contribution in [0, 0.1) is 5.92 Å². The van der Waals surface area contributed by atoms with Crippen molar-refractivity contribution in [2.24, 2.45) is 5.92 Å². The number of aromatic nitrogens is 2. The van der Waals surface area contributed by atoms with Crippen LogP contribution in [0.4, 0.5) is 13.2 Å². The van der Waals surface area contributed by atoms with Gasteiger partial charge in [0.1, 0.15) is 5.78 Å². The molecular weight excluding hydrogens is 399 g/mol. The van der Waals surface area contributed by atoms with Crippen molar-refractivity contribution in [2.75, 3.05) is 0 Å². The average molecular weight is 425 g/mol. The number of Topliss-reactive ketones (excluding diaryl/α,β-unsaturated/α-hetero) is 1. The second-order valence-corrected chi connectivity index (χ2v) is 7.61. The molecule has 0 fully saturated rings. The number of nitrogens with zero attached hydrogens (tertiary/aromatic N) is 3. The lowest BCUT2D eigenvalue weighted by molar-refractivity contribution is -0.159. The molecule has 0 radical (unpaired) electrons. The lowest BCUT2D eigenvalue weighted by atomic mass is 10.00. The van der Waals surface area contributed by atoms with Crippen LogP contribution in [0.1, 0.15) is 58.4 Å². The molecule has 0 aliphatic heterocycles. The Morgan fingerprint density at radius 1 is 1.13 bits per heavy atom. The second kappa shape index (κ2) is 9.86. The third-order valence-electron chi connectivity index (χ3n) is 4.84. The smallest absolute Gasteiger partial charge is 0.336 e. The Hall–Kier alpha value is -2.71. The van der Waals surface area contributed by atoms with Crippen LogP contribution in [0.25, 0.3) is 11.4 Å². The van der Waals surface area contributed by atoms with E-state index in [2.05, 4.69) is 14.7 Å². The Balaban J connectivity index is 2.12. The summed E-state index contributed by atoms with van der Waals surface area (Å²) in [5.41, 5.74) is 1.21. The van der Waals surface area contributed by atoms with Crippen LogP contribution in [0.15, 0.2) is 28.8 Å². The number of hydrogen-bond donors (Lipinski definition) is 0. The Morgan fingerprint density at radius 3 is 2.27 bits per heavy atom. The summed E-state index contributed by atoms with van der Waals surface area (Å²) in [5, 5.41) is 3.37. The fourth-order valence-corrected chi connectivity index (χ4v) is 3.10. The highest BCUT2D eigenvalue weighted by Crippen LogP contribution is 2.29. The highest BCUT2D eigenvalue weighted by atomic mass is 19.4. The predicted octanol–water partition coefficient (Wildman–Crippen LogP) is 4.89. The molecule has 0 bridgehead atoms. The van der Waals surface area contributed by atoms with E-state index in [0.717, 1.165) is 12.0 Å². The van der Waals surface area contributed by atoms with Gasteiger partial charge in [-0.15, -0.1) is 0 Å². The first kappa shape index (κ1) is 23.6. The van der Waals surface area contributed by atoms with Gasteiger partial charge in [-0.3, -0.25) is 4.79 Å². The first-order chi connectivity index (χ1) is 14.0. The molecule has 164 valence electrons. The summed E-state index contributed by atoms with van der Waals surface area (Å²) in [7, 11) is 0. The molecule has 0 spiro atoms. The highest BCUT2D eigenvalue weighted by Gasteiger charge is 2.38. The van der Waals surface area contributed by atoms with E-state index in [-0.39, 0.29) is 35.9 Å². The molecular formula is C21H26F3N3O3. The van der Waals surface area contributed by atoms with Crippen LogP contribution in [0.2, 0.25) is 0 Å². The zero-order valence-corrected chi connectivity index (χ0v) is 17.5. The van der Waals surface area contributed by atoms with Gasteiger partial charge in [0.2, 0.25) is 11.7 Å². The summed E-state index contributed by atoms with van der Waals surface area (Å²) < 4.78 is 42.1. The number of amides is 1. The van der Waals surface area contributed by atoms with Crippen molar-refractivity contribution in [3.05, 3.63) is 35.7 Å². The normalized spacial score (nSPS) is 13.7. The van der Waals surface area contributed by atoms with Crippen LogP contribution in [-0.4, -0.2) is 32.8 Å². The molecule has 2 rings (SSSR count). The molecule has 0 aliphatic rings. The number of ketones is 1. The standard InChI is InChI=1S/C21H26F3N3O3/c1-5-14(3)27(18(29)11-13(2)10-15(4)28)12-16-6-8-17(9-7-16)19-25-20(30-26-19)21(22,23)24/h6-9,13-14H,5,10-12H2,1-4H3. The second-order valence-electron chi connectivity index (χ2n) is 7.61. The summed E-state index contributed by atoms with van der Waals surface area (Å²) in [6, 6.07) is 6.64. The van der Waals surface area contributed by atoms with E-state index in [1.807, 2.05) is 20.8 Å². The predicted molar refractivity (Wildman–Crippen MR) is 104 cm³/mol. The number of benzene rings is 1. The average Bonchev–Trinajstić information content (AvgIpc) is 3.15. The van der Waals surface area contributed by atoms with Crippen LogP contribution in [0.5, 0.6) is 0 Å². The largest absolute Gasteiger partial charge is 0.471 e. The SMILES string of the molecule is CCC(C)N(Cc1ccc(-c2noc(C(F)(F)F)n2)cc1)C(=O)CC(C)CC(C)=O. The molecule has 0 saturated heterocycles. The molecule has 2 unspecified atom stereocenters. The molecule has 1 heterocycles. The van der Waals surface area contributed by atoms with Crippen LogP contribution in [0.3, 0.4) is 0 Å². The van der Waals surface area contributed by atoms with Gasteiger partial charge in [0.15, 0.2) is 0 Å². The number of hydrogen-bond acceptors (Lipinski definition) is 5. The number of carbonyl (C=O) groups is 2. The fraction of sp³-hybridized carbons (Fsp3) is 0.524. The Kier molecular flexibility index (Phi) is 7.75. The lowest BCUT2D eigenvalue weighted by Gasteiger charge is -2.30. The minimum atomic E-state index is -4.69. The Bertz CT molecular complexity index is 862. The van der Waals surface area contributed by atoms with Crippen molar-refractivity contribution in [3.63, 3.8) is 0 Å². The summed E-state index contributed by atoms with van der Waals surface area (Å²) >= 11 is 0. The van der Waals surface area contributed by atoms with E-state index in [1.165, 1.54) is 6.92 Å². The maximum atomic E-state index is 12.8. The first-order valence-corrected chi connectivity index (χ1v) is 9.80. The van der Waals surface area contributed by atoms with Gasteiger partial charge in [-0.05, 0) is 31.7 Å². The fourth-order valence-electron chi connectivity index (χ4n) is 3.10. The van der Waals surface area contributed by atoms with E-state index in [1.54, 1.807) is 29.2 Å². The summed E-state index contributed by atoms with van der Waals surface area (Å²) in [6.45, 7) is 7.70. The molecule has 1 aromatic carbocycles. The van der Waals surface area contributed by atoms with E-state index >= 15 is 0 Å². The van der Waals surface area contributed by atoms with Gasteiger partial charge in [-0.2, -0.15) is 18.2 Å². The van der Waals surface area contributed by atoms with E-state index < -0.39 is 12.1 Å². The Morgan fingerprint density at radius 2 is 1.77 bits per heavy atom. The summed E-state index contributed by atoms with van der Waals surface area (Å²) in [5.74, 6) is -1.56. The van der Waals surface area contributed by atoms with E-state index in [9.17, 15) is 22.8 Å². The van der Waals surface area contributed by atoms with E-state index in [0.29, 0.717) is 18.5 Å². The maximum absolute atomic E-state index is 12.8. The molecule has 9 heteroatoms. The quantitative estimate of drug-likeness (QED) is 0.572. The maximum Gasteiger partial charge on any atom is 0.471 e. The number of rotatable bonds is 9.